The second-order valence-electron chi connectivity index (χ2n) is 9.57. The van der Waals surface area contributed by atoms with E-state index in [1.807, 2.05) is 24.4 Å². The Morgan fingerprint density at radius 3 is 2.79 bits per heavy atom. The Bertz CT molecular complexity index is 2020. The molecule has 42 heavy (non-hydrogen) atoms. The maximum atomic E-state index is 13.9. The number of hydrogen-bond donors (Lipinski definition) is 2. The van der Waals surface area contributed by atoms with Gasteiger partial charge in [-0.05, 0) is 23.8 Å². The van der Waals surface area contributed by atoms with Crippen LogP contribution >= 0.6 is 22.9 Å². The Morgan fingerprint density at radius 1 is 1.12 bits per heavy atom. The van der Waals surface area contributed by atoms with Crippen LogP contribution in [0.3, 0.4) is 0 Å². The van der Waals surface area contributed by atoms with Gasteiger partial charge < -0.3 is 15.4 Å². The number of nitrogens with one attached hydrogen (secondary N) is 2. The van der Waals surface area contributed by atoms with Crippen LogP contribution < -0.4 is 10.6 Å². The van der Waals surface area contributed by atoms with Gasteiger partial charge in [-0.1, -0.05) is 28.9 Å². The van der Waals surface area contributed by atoms with Crippen molar-refractivity contribution < 1.29 is 13.5 Å². The molecule has 2 aromatic carbocycles. The first-order chi connectivity index (χ1) is 20.5. The van der Waals surface area contributed by atoms with Gasteiger partial charge in [-0.15, -0.1) is 16.4 Å². The minimum atomic E-state index is -1.22. The topological polar surface area (TPSA) is 126 Å². The van der Waals surface area contributed by atoms with Gasteiger partial charge in [-0.2, -0.15) is 9.65 Å². The van der Waals surface area contributed by atoms with Gasteiger partial charge in [0.2, 0.25) is 5.95 Å². The average molecular weight is 602 g/mol. The van der Waals surface area contributed by atoms with E-state index in [0.29, 0.717) is 46.2 Å². The van der Waals surface area contributed by atoms with Crippen molar-refractivity contribution in [1.82, 2.24) is 29.9 Å². The number of anilines is 3. The predicted molar refractivity (Wildman–Crippen MR) is 154 cm³/mol. The first kappa shape index (κ1) is 26.1. The van der Waals surface area contributed by atoms with Gasteiger partial charge in [0.25, 0.3) is 0 Å². The molecular weight excluding hydrogens is 584 g/mol. The number of halogens is 3. The number of hydrogen-bond acceptors (Lipinski definition) is 10. The molecule has 1 atom stereocenters. The van der Waals surface area contributed by atoms with Gasteiger partial charge in [0.05, 0.1) is 74.9 Å². The molecule has 0 unspecified atom stereocenters. The summed E-state index contributed by atoms with van der Waals surface area (Å²) >= 11 is 8.24. The lowest BCUT2D eigenvalue weighted by Gasteiger charge is -2.25. The van der Waals surface area contributed by atoms with Crippen molar-refractivity contribution in [1.29, 1.82) is 5.26 Å². The monoisotopic (exact) mass is 601 g/mol. The molecule has 0 saturated carbocycles. The molecule has 10 nitrogen and oxygen atoms in total. The highest BCUT2D eigenvalue weighted by Gasteiger charge is 2.26. The molecule has 7 rings (SSSR count). The third-order valence-corrected chi connectivity index (χ3v) is 8.12. The lowest BCUT2D eigenvalue weighted by atomic mass is 10.0. The SMILES string of the molecule is N#Cc1cnc2c(Cl)cc(N[C@H](c3cn(C4COC4)nn3)c3cccc4ncsc34)cc2c1Nc1cnc(F)c(F)c1. The number of pyridine rings is 2. The first-order valence-corrected chi connectivity index (χ1v) is 13.9. The Morgan fingerprint density at radius 2 is 2.00 bits per heavy atom. The molecular formula is C28H18ClF2N9OS. The number of thiazole rings is 1. The minimum Gasteiger partial charge on any atom is -0.377 e. The van der Waals surface area contributed by atoms with Crippen molar-refractivity contribution in [2.24, 2.45) is 0 Å². The number of benzene rings is 2. The smallest absolute Gasteiger partial charge is 0.249 e. The number of ether oxygens (including phenoxy) is 1. The van der Waals surface area contributed by atoms with E-state index in [-0.39, 0.29) is 17.3 Å². The van der Waals surface area contributed by atoms with Gasteiger partial charge in [-0.25, -0.2) is 19.0 Å². The molecule has 1 saturated heterocycles. The number of nitrogens with zero attached hydrogens (tertiary/aromatic N) is 7. The summed E-state index contributed by atoms with van der Waals surface area (Å²) in [6.07, 6.45) is 4.40. The van der Waals surface area contributed by atoms with Crippen molar-refractivity contribution in [3.05, 3.63) is 94.1 Å². The van der Waals surface area contributed by atoms with Gasteiger partial charge in [-0.3, -0.25) is 4.98 Å². The molecule has 5 heterocycles. The summed E-state index contributed by atoms with van der Waals surface area (Å²) in [6.45, 7) is 1.15. The summed E-state index contributed by atoms with van der Waals surface area (Å²) in [4.78, 5) is 12.3. The highest BCUT2D eigenvalue weighted by atomic mass is 35.5. The lowest BCUT2D eigenvalue weighted by molar-refractivity contribution is -0.0293. The van der Waals surface area contributed by atoms with E-state index >= 15 is 0 Å². The molecule has 0 amide bonds. The summed E-state index contributed by atoms with van der Waals surface area (Å²) in [5, 5.41) is 26.0. The molecule has 0 spiro atoms. The highest BCUT2D eigenvalue weighted by molar-refractivity contribution is 7.17. The highest BCUT2D eigenvalue weighted by Crippen LogP contribution is 2.38. The fourth-order valence-electron chi connectivity index (χ4n) is 4.79. The van der Waals surface area contributed by atoms with Crippen LogP contribution in [0.5, 0.6) is 0 Å². The van der Waals surface area contributed by atoms with Crippen LogP contribution in [0.4, 0.5) is 25.8 Å². The van der Waals surface area contributed by atoms with E-state index in [1.165, 1.54) is 17.5 Å². The Labute approximate surface area is 245 Å². The second-order valence-corrected chi connectivity index (χ2v) is 10.8. The fourth-order valence-corrected chi connectivity index (χ4v) is 5.89. The lowest BCUT2D eigenvalue weighted by Crippen LogP contribution is -2.31. The van der Waals surface area contributed by atoms with E-state index in [4.69, 9.17) is 16.3 Å². The largest absolute Gasteiger partial charge is 0.377 e. The molecule has 1 fully saturated rings. The Balaban J connectivity index is 1.34. The van der Waals surface area contributed by atoms with Gasteiger partial charge in [0.1, 0.15) is 17.8 Å². The zero-order valence-electron chi connectivity index (χ0n) is 21.4. The van der Waals surface area contributed by atoms with Crippen LogP contribution in [-0.4, -0.2) is 43.2 Å². The zero-order valence-corrected chi connectivity index (χ0v) is 23.0. The van der Waals surface area contributed by atoms with E-state index < -0.39 is 17.8 Å². The summed E-state index contributed by atoms with van der Waals surface area (Å²) in [6, 6.07) is 12.1. The minimum absolute atomic E-state index is 0.121. The third-order valence-electron chi connectivity index (χ3n) is 6.94. The summed E-state index contributed by atoms with van der Waals surface area (Å²) in [7, 11) is 0. The second kappa shape index (κ2) is 10.6. The molecule has 0 bridgehead atoms. The van der Waals surface area contributed by atoms with E-state index in [0.717, 1.165) is 28.0 Å². The Hall–Kier alpha value is -4.77. The van der Waals surface area contributed by atoms with Crippen molar-refractivity contribution in [2.75, 3.05) is 23.8 Å². The fraction of sp³-hybridized carbons (Fsp3) is 0.143. The number of nitriles is 1. The van der Waals surface area contributed by atoms with Crippen molar-refractivity contribution >= 4 is 61.1 Å². The van der Waals surface area contributed by atoms with Crippen LogP contribution in [0.15, 0.2) is 60.5 Å². The van der Waals surface area contributed by atoms with Crippen LogP contribution in [-0.2, 0) is 4.74 Å². The zero-order chi connectivity index (χ0) is 28.8. The molecule has 1 aliphatic heterocycles. The van der Waals surface area contributed by atoms with E-state index in [9.17, 15) is 14.0 Å². The molecule has 4 aromatic heterocycles. The summed E-state index contributed by atoms with van der Waals surface area (Å²) in [5.74, 6) is -2.35. The quantitative estimate of drug-likeness (QED) is 0.207. The summed E-state index contributed by atoms with van der Waals surface area (Å²) < 4.78 is 35.5. The van der Waals surface area contributed by atoms with Gasteiger partial charge in [0.15, 0.2) is 5.82 Å². The first-order valence-electron chi connectivity index (χ1n) is 12.7. The van der Waals surface area contributed by atoms with Crippen LogP contribution in [0.2, 0.25) is 5.02 Å². The maximum absolute atomic E-state index is 13.9. The van der Waals surface area contributed by atoms with Crippen molar-refractivity contribution in [2.45, 2.75) is 12.1 Å². The van der Waals surface area contributed by atoms with Crippen LogP contribution in [0.25, 0.3) is 21.1 Å². The Kier molecular flexibility index (Phi) is 6.58. The molecule has 0 radical (unpaired) electrons. The summed E-state index contributed by atoms with van der Waals surface area (Å²) in [5.41, 5.74) is 5.93. The van der Waals surface area contributed by atoms with Crippen molar-refractivity contribution in [3.63, 3.8) is 0 Å². The third kappa shape index (κ3) is 4.65. The van der Waals surface area contributed by atoms with Crippen LogP contribution in [0, 0.1) is 23.1 Å². The van der Waals surface area contributed by atoms with Gasteiger partial charge in [0, 0.05) is 23.3 Å². The number of fused-ring (bicyclic) bond motifs is 2. The molecule has 0 aliphatic carbocycles. The number of rotatable bonds is 7. The van der Waals surface area contributed by atoms with E-state index in [1.54, 1.807) is 22.3 Å². The standard InChI is InChI=1S/C28H18ClF2N9OS/c29-20-5-15(4-19-24(14(7-32)8-33-25(19)20)37-16-6-21(30)28(31)34-9-16)36-26(18-2-1-3-22-27(18)42-13-35-22)23-10-40(39-38-23)17-11-41-12-17/h1-6,8-10,13,17,26,36H,11-12H2,(H,33,37)/t26-/m0/s1. The molecule has 208 valence electrons. The van der Waals surface area contributed by atoms with Gasteiger partial charge >= 0.3 is 0 Å². The number of aromatic nitrogens is 6. The van der Waals surface area contributed by atoms with Crippen LogP contribution in [0.1, 0.15) is 28.9 Å². The normalized spacial score (nSPS) is 14.0. The molecule has 14 heteroatoms. The van der Waals surface area contributed by atoms with Crippen molar-refractivity contribution in [3.8, 4) is 6.07 Å². The van der Waals surface area contributed by atoms with E-state index in [2.05, 4.69) is 42.0 Å². The maximum Gasteiger partial charge on any atom is 0.249 e. The molecule has 2 N–H and O–H groups in total. The average Bonchev–Trinajstić information content (AvgIpc) is 3.63. The molecule has 6 aromatic rings. The molecule has 1 aliphatic rings. The predicted octanol–water partition coefficient (Wildman–Crippen LogP) is 6.15.